The molecule has 0 bridgehead atoms. The zero-order valence-corrected chi connectivity index (χ0v) is 22.1. The van der Waals surface area contributed by atoms with Crippen molar-refractivity contribution in [2.75, 3.05) is 17.4 Å². The van der Waals surface area contributed by atoms with Crippen molar-refractivity contribution in [2.24, 2.45) is 0 Å². The maximum absolute atomic E-state index is 12.2. The van der Waals surface area contributed by atoms with E-state index in [0.29, 0.717) is 11.3 Å². The van der Waals surface area contributed by atoms with Gasteiger partial charge < -0.3 is 34.9 Å². The predicted octanol–water partition coefficient (Wildman–Crippen LogP) is 2.79. The Bertz CT molecular complexity index is 1600. The predicted molar refractivity (Wildman–Crippen MR) is 140 cm³/mol. The van der Waals surface area contributed by atoms with Crippen molar-refractivity contribution in [2.45, 2.75) is 31.0 Å². The third kappa shape index (κ3) is 5.76. The third-order valence-corrected chi connectivity index (χ3v) is 10.6. The van der Waals surface area contributed by atoms with E-state index >= 15 is 0 Å². The van der Waals surface area contributed by atoms with Gasteiger partial charge >= 0.3 is 7.60 Å². The van der Waals surface area contributed by atoms with Crippen LogP contribution in [0, 0.1) is 0 Å². The molecule has 38 heavy (non-hydrogen) atoms. The number of ether oxygens (including phenoxy) is 1. The summed E-state index contributed by atoms with van der Waals surface area (Å²) in [5, 5.41) is 26.3. The van der Waals surface area contributed by atoms with Crippen LogP contribution in [-0.2, 0) is 13.9 Å². The van der Waals surface area contributed by atoms with Crippen LogP contribution in [0.15, 0.2) is 48.8 Å². The van der Waals surface area contributed by atoms with Crippen molar-refractivity contribution in [1.29, 1.82) is 0 Å². The molecule has 202 valence electrons. The molecule has 4 aromatic rings. The molecular formula is C22H24ClN5O8P2. The topological polar surface area (TPSA) is 200 Å². The maximum Gasteiger partial charge on any atom is 0.335 e. The summed E-state index contributed by atoms with van der Waals surface area (Å²) in [4.78, 5) is 40.7. The molecule has 0 aliphatic carbocycles. The third-order valence-electron chi connectivity index (χ3n) is 6.19. The minimum absolute atomic E-state index is 0.106. The van der Waals surface area contributed by atoms with Gasteiger partial charge in [-0.05, 0) is 40.9 Å². The lowest BCUT2D eigenvalue weighted by Crippen LogP contribution is -2.32. The van der Waals surface area contributed by atoms with Gasteiger partial charge in [0.15, 0.2) is 23.2 Å². The normalized spacial score (nSPS) is 23.6. The SMILES string of the molecule is O=P(O)(O)CP(=O)(O)CCC1OC(n2cnc3c(Nc4ccc5ccccc5c4)nc(Cl)nc32)C(O)C1O. The summed E-state index contributed by atoms with van der Waals surface area (Å²) in [5.41, 5.74) is 1.25. The average Bonchev–Trinajstić information content (AvgIpc) is 3.37. The Kier molecular flexibility index (Phi) is 7.34. The highest BCUT2D eigenvalue weighted by molar-refractivity contribution is 7.72. The number of nitrogens with one attached hydrogen (secondary N) is 1. The standard InChI is InChI=1S/C22H24ClN5O8P2/c23-22-26-19(25-14-6-5-12-3-1-2-4-13(12)9-14)16-20(27-22)28(10-24-16)21-18(30)17(29)15(36-21)7-8-37(31,32)11-38(33,34)35/h1-6,9-10,15,17-18,21,29-30H,7-8,11H2,(H,31,32)(H,25,26,27)(H2,33,34,35). The van der Waals surface area contributed by atoms with Crippen molar-refractivity contribution in [3.8, 4) is 0 Å². The quantitative estimate of drug-likeness (QED) is 0.131. The van der Waals surface area contributed by atoms with Crippen LogP contribution in [0.1, 0.15) is 12.6 Å². The molecule has 2 aromatic heterocycles. The lowest BCUT2D eigenvalue weighted by Gasteiger charge is -2.18. The molecule has 5 rings (SSSR count). The minimum Gasteiger partial charge on any atom is -0.388 e. The van der Waals surface area contributed by atoms with Gasteiger partial charge in [0.05, 0.1) is 12.4 Å². The first-order valence-electron chi connectivity index (χ1n) is 11.4. The Balaban J connectivity index is 1.39. The van der Waals surface area contributed by atoms with Crippen molar-refractivity contribution in [3.63, 3.8) is 0 Å². The Hall–Kier alpha value is -2.44. The molecule has 6 N–H and O–H groups in total. The van der Waals surface area contributed by atoms with Crippen LogP contribution in [0.5, 0.6) is 0 Å². The lowest BCUT2D eigenvalue weighted by molar-refractivity contribution is -0.0354. The molecule has 2 aromatic carbocycles. The fourth-order valence-electron chi connectivity index (χ4n) is 4.45. The molecule has 0 radical (unpaired) electrons. The van der Waals surface area contributed by atoms with Gasteiger partial charge in [0, 0.05) is 11.8 Å². The fourth-order valence-corrected chi connectivity index (χ4v) is 8.14. The van der Waals surface area contributed by atoms with Crippen LogP contribution >= 0.6 is 26.6 Å². The molecule has 5 unspecified atom stereocenters. The number of rotatable bonds is 8. The number of hydrogen-bond acceptors (Lipinski definition) is 9. The molecule has 13 nitrogen and oxygen atoms in total. The van der Waals surface area contributed by atoms with Crippen LogP contribution in [-0.4, -0.2) is 74.8 Å². The van der Waals surface area contributed by atoms with Gasteiger partial charge in [0.25, 0.3) is 0 Å². The number of benzene rings is 2. The van der Waals surface area contributed by atoms with Crippen molar-refractivity contribution < 1.29 is 38.8 Å². The van der Waals surface area contributed by atoms with E-state index in [1.165, 1.54) is 10.9 Å². The second kappa shape index (κ2) is 10.3. The molecule has 16 heteroatoms. The Morgan fingerprint density at radius 3 is 2.50 bits per heavy atom. The number of aliphatic hydroxyl groups excluding tert-OH is 2. The number of imidazole rings is 1. The molecule has 3 heterocycles. The number of anilines is 2. The molecule has 5 atom stereocenters. The summed E-state index contributed by atoms with van der Waals surface area (Å²) in [6.45, 7) is 0. The number of halogens is 1. The second-order valence-corrected chi connectivity index (χ2v) is 14.0. The van der Waals surface area contributed by atoms with Crippen molar-refractivity contribution >= 4 is 60.0 Å². The van der Waals surface area contributed by atoms with E-state index < -0.39 is 51.6 Å². The molecule has 1 saturated heterocycles. The van der Waals surface area contributed by atoms with E-state index in [2.05, 4.69) is 20.3 Å². The monoisotopic (exact) mass is 583 g/mol. The molecular weight excluding hydrogens is 560 g/mol. The average molecular weight is 584 g/mol. The molecule has 1 aliphatic rings. The summed E-state index contributed by atoms with van der Waals surface area (Å²) < 4.78 is 30.4. The second-order valence-electron chi connectivity index (χ2n) is 9.06. The summed E-state index contributed by atoms with van der Waals surface area (Å²) in [5.74, 6) is -0.874. The highest BCUT2D eigenvalue weighted by Crippen LogP contribution is 2.55. The van der Waals surface area contributed by atoms with Gasteiger partial charge in [-0.3, -0.25) is 13.7 Å². The van der Waals surface area contributed by atoms with E-state index in [-0.39, 0.29) is 17.4 Å². The molecule has 0 spiro atoms. The van der Waals surface area contributed by atoms with E-state index in [0.717, 1.165) is 16.5 Å². The van der Waals surface area contributed by atoms with E-state index in [1.807, 2.05) is 42.5 Å². The first-order valence-corrected chi connectivity index (χ1v) is 15.6. The minimum atomic E-state index is -4.71. The Morgan fingerprint density at radius 1 is 1.03 bits per heavy atom. The van der Waals surface area contributed by atoms with Crippen LogP contribution in [0.25, 0.3) is 21.9 Å². The summed E-state index contributed by atoms with van der Waals surface area (Å²) in [6, 6.07) is 13.6. The van der Waals surface area contributed by atoms with Crippen LogP contribution in [0.4, 0.5) is 11.5 Å². The summed E-state index contributed by atoms with van der Waals surface area (Å²) in [6.07, 6.45) is -4.55. The van der Waals surface area contributed by atoms with E-state index in [1.54, 1.807) is 0 Å². The van der Waals surface area contributed by atoms with Gasteiger partial charge in [-0.1, -0.05) is 30.3 Å². The van der Waals surface area contributed by atoms with Crippen LogP contribution in [0.3, 0.4) is 0 Å². The van der Waals surface area contributed by atoms with Crippen LogP contribution < -0.4 is 5.32 Å². The maximum atomic E-state index is 12.2. The fraction of sp³-hybridized carbons (Fsp3) is 0.318. The van der Waals surface area contributed by atoms with Gasteiger partial charge in [-0.15, -0.1) is 0 Å². The first kappa shape index (κ1) is 27.1. The first-order chi connectivity index (χ1) is 17.9. The van der Waals surface area contributed by atoms with E-state index in [9.17, 15) is 24.2 Å². The van der Waals surface area contributed by atoms with Gasteiger partial charge in [-0.2, -0.15) is 9.97 Å². The van der Waals surface area contributed by atoms with Crippen molar-refractivity contribution in [1.82, 2.24) is 19.5 Å². The van der Waals surface area contributed by atoms with Crippen molar-refractivity contribution in [3.05, 3.63) is 54.1 Å². The summed E-state index contributed by atoms with van der Waals surface area (Å²) >= 11 is 6.19. The van der Waals surface area contributed by atoms with Gasteiger partial charge in [0.2, 0.25) is 12.7 Å². The number of aromatic nitrogens is 4. The Labute approximate surface area is 220 Å². The molecule has 1 aliphatic heterocycles. The number of fused-ring (bicyclic) bond motifs is 2. The van der Waals surface area contributed by atoms with Gasteiger partial charge in [-0.25, -0.2) is 4.98 Å². The zero-order valence-electron chi connectivity index (χ0n) is 19.6. The molecule has 0 saturated carbocycles. The molecule has 0 amide bonds. The summed E-state index contributed by atoms with van der Waals surface area (Å²) in [7, 11) is -8.91. The number of nitrogens with zero attached hydrogens (tertiary/aromatic N) is 4. The van der Waals surface area contributed by atoms with Crippen LogP contribution in [0.2, 0.25) is 5.28 Å². The van der Waals surface area contributed by atoms with E-state index in [4.69, 9.17) is 26.1 Å². The smallest absolute Gasteiger partial charge is 0.335 e. The zero-order chi connectivity index (χ0) is 27.2. The largest absolute Gasteiger partial charge is 0.388 e. The number of hydrogen-bond donors (Lipinski definition) is 6. The highest BCUT2D eigenvalue weighted by Gasteiger charge is 2.45. The highest BCUT2D eigenvalue weighted by atomic mass is 35.5. The van der Waals surface area contributed by atoms with Gasteiger partial charge in [0.1, 0.15) is 18.1 Å². The Morgan fingerprint density at radius 2 is 1.76 bits per heavy atom. The molecule has 1 fully saturated rings. The number of aliphatic hydroxyl groups is 2. The lowest BCUT2D eigenvalue weighted by atomic mass is 10.1.